The minimum Gasteiger partial charge on any atom is -0.497 e. The maximum Gasteiger partial charge on any atom is 0.191 e. The minimum atomic E-state index is 0.648. The molecule has 0 aliphatic heterocycles. The molecule has 1 fully saturated rings. The molecular weight excluding hydrogens is 282 g/mol. The number of nitrogens with zero attached hydrogens (tertiary/aromatic N) is 3. The van der Waals surface area contributed by atoms with E-state index in [9.17, 15) is 0 Å². The van der Waals surface area contributed by atoms with Crippen molar-refractivity contribution in [1.82, 2.24) is 14.8 Å². The Bertz CT molecular complexity index is 607. The highest BCUT2D eigenvalue weighted by Gasteiger charge is 2.30. The normalized spacial score (nSPS) is 14.4. The van der Waals surface area contributed by atoms with Gasteiger partial charge >= 0.3 is 0 Å². The molecule has 0 bridgehead atoms. The van der Waals surface area contributed by atoms with Crippen LogP contribution >= 0.6 is 11.8 Å². The Morgan fingerprint density at radius 3 is 2.90 bits per heavy atom. The Balaban J connectivity index is 1.72. The topological polar surface area (TPSA) is 39.9 Å². The lowest BCUT2D eigenvalue weighted by Gasteiger charge is -2.08. The SMILES string of the molecule is CCCn1c(SCc2cccc(OC)c2)nnc1C1CC1. The van der Waals surface area contributed by atoms with Gasteiger partial charge in [-0.3, -0.25) is 0 Å². The van der Waals surface area contributed by atoms with Gasteiger partial charge in [-0.1, -0.05) is 30.8 Å². The van der Waals surface area contributed by atoms with Gasteiger partial charge in [0.2, 0.25) is 0 Å². The van der Waals surface area contributed by atoms with Gasteiger partial charge in [-0.15, -0.1) is 10.2 Å². The van der Waals surface area contributed by atoms with Gasteiger partial charge in [-0.05, 0) is 37.0 Å². The molecule has 112 valence electrons. The monoisotopic (exact) mass is 303 g/mol. The Morgan fingerprint density at radius 1 is 1.33 bits per heavy atom. The highest BCUT2D eigenvalue weighted by molar-refractivity contribution is 7.98. The zero-order valence-electron chi connectivity index (χ0n) is 12.6. The van der Waals surface area contributed by atoms with Crippen molar-refractivity contribution >= 4 is 11.8 Å². The molecule has 1 aliphatic rings. The van der Waals surface area contributed by atoms with E-state index in [0.29, 0.717) is 5.92 Å². The van der Waals surface area contributed by atoms with Crippen molar-refractivity contribution in [3.8, 4) is 5.75 Å². The van der Waals surface area contributed by atoms with Crippen molar-refractivity contribution in [2.24, 2.45) is 0 Å². The van der Waals surface area contributed by atoms with Crippen LogP contribution < -0.4 is 4.74 Å². The van der Waals surface area contributed by atoms with Crippen LogP contribution in [0.15, 0.2) is 29.4 Å². The summed E-state index contributed by atoms with van der Waals surface area (Å²) in [5, 5.41) is 9.85. The number of hydrogen-bond donors (Lipinski definition) is 0. The Labute approximate surface area is 129 Å². The fourth-order valence-electron chi connectivity index (χ4n) is 2.39. The second kappa shape index (κ2) is 6.52. The first-order valence-electron chi connectivity index (χ1n) is 7.50. The summed E-state index contributed by atoms with van der Waals surface area (Å²) in [6.45, 7) is 3.21. The highest BCUT2D eigenvalue weighted by atomic mass is 32.2. The van der Waals surface area contributed by atoms with Crippen LogP contribution in [0, 0.1) is 0 Å². The minimum absolute atomic E-state index is 0.648. The molecule has 1 saturated carbocycles. The zero-order valence-corrected chi connectivity index (χ0v) is 13.4. The molecule has 0 amide bonds. The fourth-order valence-corrected chi connectivity index (χ4v) is 3.31. The van der Waals surface area contributed by atoms with Gasteiger partial charge in [0, 0.05) is 18.2 Å². The van der Waals surface area contributed by atoms with Crippen LogP contribution in [0.4, 0.5) is 0 Å². The molecular formula is C16H21N3OS. The maximum absolute atomic E-state index is 5.27. The summed E-state index contributed by atoms with van der Waals surface area (Å²) < 4.78 is 7.58. The first kappa shape index (κ1) is 14.4. The van der Waals surface area contributed by atoms with Gasteiger partial charge < -0.3 is 9.30 Å². The van der Waals surface area contributed by atoms with Gasteiger partial charge in [-0.25, -0.2) is 0 Å². The average molecular weight is 303 g/mol. The summed E-state index contributed by atoms with van der Waals surface area (Å²) in [7, 11) is 1.70. The maximum atomic E-state index is 5.27. The van der Waals surface area contributed by atoms with E-state index < -0.39 is 0 Å². The predicted molar refractivity (Wildman–Crippen MR) is 84.8 cm³/mol. The Kier molecular flexibility index (Phi) is 4.48. The lowest BCUT2D eigenvalue weighted by atomic mass is 10.2. The van der Waals surface area contributed by atoms with E-state index in [1.54, 1.807) is 18.9 Å². The summed E-state index contributed by atoms with van der Waals surface area (Å²) >= 11 is 1.76. The van der Waals surface area contributed by atoms with Crippen molar-refractivity contribution in [3.63, 3.8) is 0 Å². The smallest absolute Gasteiger partial charge is 0.191 e. The van der Waals surface area contributed by atoms with Crippen LogP contribution in [0.2, 0.25) is 0 Å². The number of thioether (sulfide) groups is 1. The summed E-state index contributed by atoms with van der Waals surface area (Å²) in [5.74, 6) is 3.63. The first-order chi connectivity index (χ1) is 10.3. The van der Waals surface area contributed by atoms with Crippen LogP contribution in [0.3, 0.4) is 0 Å². The summed E-state index contributed by atoms with van der Waals surface area (Å²) in [5.41, 5.74) is 1.25. The molecule has 3 rings (SSSR count). The second-order valence-electron chi connectivity index (χ2n) is 5.41. The standard InChI is InChI=1S/C16H21N3OS/c1-3-9-19-15(13-7-8-13)17-18-16(19)21-11-12-5-4-6-14(10-12)20-2/h4-6,10,13H,3,7-9,11H2,1-2H3. The Morgan fingerprint density at radius 2 is 2.19 bits per heavy atom. The zero-order chi connectivity index (χ0) is 14.7. The molecule has 0 radical (unpaired) electrons. The van der Waals surface area contributed by atoms with Crippen LogP contribution in [0.1, 0.15) is 43.5 Å². The molecule has 1 aromatic heterocycles. The quantitative estimate of drug-likeness (QED) is 0.728. The Hall–Kier alpha value is -1.49. The van der Waals surface area contributed by atoms with Gasteiger partial charge in [0.05, 0.1) is 7.11 Å². The third kappa shape index (κ3) is 3.40. The van der Waals surface area contributed by atoms with Crippen molar-refractivity contribution in [2.45, 2.75) is 49.6 Å². The highest BCUT2D eigenvalue weighted by Crippen LogP contribution is 2.40. The second-order valence-corrected chi connectivity index (χ2v) is 6.35. The number of ether oxygens (including phenoxy) is 1. The average Bonchev–Trinajstić information content (AvgIpc) is 3.28. The van der Waals surface area contributed by atoms with E-state index >= 15 is 0 Å². The fraction of sp³-hybridized carbons (Fsp3) is 0.500. The van der Waals surface area contributed by atoms with E-state index in [1.165, 1.54) is 24.2 Å². The molecule has 4 nitrogen and oxygen atoms in total. The summed E-state index contributed by atoms with van der Waals surface area (Å²) in [6, 6.07) is 8.20. The summed E-state index contributed by atoms with van der Waals surface area (Å²) in [4.78, 5) is 0. The van der Waals surface area contributed by atoms with Gasteiger partial charge in [0.15, 0.2) is 5.16 Å². The molecule has 1 aromatic carbocycles. The van der Waals surface area contributed by atoms with E-state index in [2.05, 4.69) is 33.8 Å². The molecule has 1 heterocycles. The van der Waals surface area contributed by atoms with Crippen LogP contribution in [-0.2, 0) is 12.3 Å². The third-order valence-electron chi connectivity index (χ3n) is 3.64. The van der Waals surface area contributed by atoms with E-state index in [4.69, 9.17) is 4.74 Å². The molecule has 5 heteroatoms. The first-order valence-corrected chi connectivity index (χ1v) is 8.49. The van der Waals surface area contributed by atoms with Gasteiger partial charge in [-0.2, -0.15) is 0 Å². The van der Waals surface area contributed by atoms with Crippen molar-refractivity contribution in [2.75, 3.05) is 7.11 Å². The molecule has 0 atom stereocenters. The number of methoxy groups -OCH3 is 1. The largest absolute Gasteiger partial charge is 0.497 e. The summed E-state index contributed by atoms with van der Waals surface area (Å²) in [6.07, 6.45) is 3.65. The molecule has 21 heavy (non-hydrogen) atoms. The van der Waals surface area contributed by atoms with Crippen LogP contribution in [0.25, 0.3) is 0 Å². The van der Waals surface area contributed by atoms with Crippen LogP contribution in [-0.4, -0.2) is 21.9 Å². The van der Waals surface area contributed by atoms with E-state index in [1.807, 2.05) is 12.1 Å². The van der Waals surface area contributed by atoms with Crippen LogP contribution in [0.5, 0.6) is 5.75 Å². The molecule has 2 aromatic rings. The van der Waals surface area contributed by atoms with Crippen molar-refractivity contribution in [3.05, 3.63) is 35.7 Å². The lowest BCUT2D eigenvalue weighted by molar-refractivity contribution is 0.414. The number of benzene rings is 1. The third-order valence-corrected chi connectivity index (χ3v) is 4.68. The molecule has 1 aliphatic carbocycles. The number of hydrogen-bond acceptors (Lipinski definition) is 4. The number of aromatic nitrogens is 3. The van der Waals surface area contributed by atoms with Gasteiger partial charge in [0.25, 0.3) is 0 Å². The molecule has 0 N–H and O–H groups in total. The lowest BCUT2D eigenvalue weighted by Crippen LogP contribution is -2.03. The van der Waals surface area contributed by atoms with E-state index in [0.717, 1.165) is 29.6 Å². The number of rotatable bonds is 7. The molecule has 0 unspecified atom stereocenters. The van der Waals surface area contributed by atoms with Gasteiger partial charge in [0.1, 0.15) is 11.6 Å². The van der Waals surface area contributed by atoms with E-state index in [-0.39, 0.29) is 0 Å². The predicted octanol–water partition coefficient (Wildman–Crippen LogP) is 3.87. The molecule has 0 saturated heterocycles. The molecule has 0 spiro atoms. The van der Waals surface area contributed by atoms with Crippen molar-refractivity contribution in [1.29, 1.82) is 0 Å². The van der Waals surface area contributed by atoms with Crippen molar-refractivity contribution < 1.29 is 4.74 Å².